The van der Waals surface area contributed by atoms with Crippen LogP contribution in [-0.4, -0.2) is 46.5 Å². The highest BCUT2D eigenvalue weighted by Crippen LogP contribution is 2.32. The van der Waals surface area contributed by atoms with Crippen LogP contribution in [-0.2, 0) is 10.0 Å². The molecule has 0 spiro atoms. The van der Waals surface area contributed by atoms with Crippen molar-refractivity contribution in [2.75, 3.05) is 42.8 Å². The molecule has 3 aromatic carbocycles. The molecule has 7 heteroatoms. The van der Waals surface area contributed by atoms with Gasteiger partial charge in [0.05, 0.1) is 10.6 Å². The zero-order valence-electron chi connectivity index (χ0n) is 15.7. The number of piperazine rings is 1. The summed E-state index contributed by atoms with van der Waals surface area (Å²) in [5.74, 6) is 0. The van der Waals surface area contributed by atoms with Crippen LogP contribution >= 0.6 is 12.4 Å². The van der Waals surface area contributed by atoms with E-state index in [2.05, 4.69) is 27.6 Å². The van der Waals surface area contributed by atoms with Crippen LogP contribution in [0.25, 0.3) is 10.8 Å². The van der Waals surface area contributed by atoms with E-state index in [1.807, 2.05) is 30.3 Å². The molecule has 0 atom stereocenters. The molecule has 0 amide bonds. The number of rotatable bonds is 4. The normalized spacial score (nSPS) is 15.2. The largest absolute Gasteiger partial charge is 0.368 e. The lowest BCUT2D eigenvalue weighted by molar-refractivity contribution is 0.313. The summed E-state index contributed by atoms with van der Waals surface area (Å²) < 4.78 is 28.2. The van der Waals surface area contributed by atoms with Crippen LogP contribution in [0.4, 0.5) is 11.4 Å². The molecular weight excluding hydrogens is 394 g/mol. The lowest BCUT2D eigenvalue weighted by atomic mass is 10.1. The van der Waals surface area contributed by atoms with Gasteiger partial charge in [-0.15, -0.1) is 12.4 Å². The van der Waals surface area contributed by atoms with Crippen molar-refractivity contribution in [3.63, 3.8) is 0 Å². The Morgan fingerprint density at radius 1 is 0.857 bits per heavy atom. The first-order valence-corrected chi connectivity index (χ1v) is 10.6. The van der Waals surface area contributed by atoms with Gasteiger partial charge in [-0.2, -0.15) is 0 Å². The van der Waals surface area contributed by atoms with Crippen molar-refractivity contribution in [2.45, 2.75) is 4.90 Å². The fourth-order valence-electron chi connectivity index (χ4n) is 3.47. The number of hydrogen-bond acceptors (Lipinski definition) is 4. The van der Waals surface area contributed by atoms with E-state index < -0.39 is 10.0 Å². The number of nitrogens with one attached hydrogen (secondary N) is 1. The Bertz CT molecular complexity index is 1050. The molecule has 3 aromatic rings. The van der Waals surface area contributed by atoms with Gasteiger partial charge in [0.15, 0.2) is 0 Å². The van der Waals surface area contributed by atoms with Crippen LogP contribution < -0.4 is 9.62 Å². The number of fused-ring (bicyclic) bond motifs is 1. The Labute approximate surface area is 172 Å². The van der Waals surface area contributed by atoms with Crippen LogP contribution in [0, 0.1) is 0 Å². The van der Waals surface area contributed by atoms with E-state index in [-0.39, 0.29) is 17.3 Å². The second kappa shape index (κ2) is 8.39. The minimum Gasteiger partial charge on any atom is -0.368 e. The van der Waals surface area contributed by atoms with Gasteiger partial charge in [0.1, 0.15) is 0 Å². The SMILES string of the molecule is CN1CCN(c2cc(NS(=O)(=O)c3ccccc3)cc3ccccc23)CC1.Cl. The molecule has 1 heterocycles. The average molecular weight is 418 g/mol. The first-order chi connectivity index (χ1) is 13.0. The van der Waals surface area contributed by atoms with Crippen molar-refractivity contribution in [3.8, 4) is 0 Å². The molecule has 1 fully saturated rings. The summed E-state index contributed by atoms with van der Waals surface area (Å²) in [7, 11) is -1.49. The molecule has 28 heavy (non-hydrogen) atoms. The highest BCUT2D eigenvalue weighted by molar-refractivity contribution is 7.92. The summed E-state index contributed by atoms with van der Waals surface area (Å²) in [6, 6.07) is 20.4. The van der Waals surface area contributed by atoms with Crippen LogP contribution in [0.2, 0.25) is 0 Å². The average Bonchev–Trinajstić information content (AvgIpc) is 2.68. The summed E-state index contributed by atoms with van der Waals surface area (Å²) >= 11 is 0. The summed E-state index contributed by atoms with van der Waals surface area (Å²) in [6.07, 6.45) is 0. The molecule has 148 valence electrons. The van der Waals surface area contributed by atoms with E-state index >= 15 is 0 Å². The highest BCUT2D eigenvalue weighted by atomic mass is 35.5. The van der Waals surface area contributed by atoms with Gasteiger partial charge in [0.25, 0.3) is 10.0 Å². The van der Waals surface area contributed by atoms with Gasteiger partial charge < -0.3 is 9.80 Å². The number of nitrogens with zero attached hydrogens (tertiary/aromatic N) is 2. The van der Waals surface area contributed by atoms with Gasteiger partial charge in [-0.1, -0.05) is 42.5 Å². The van der Waals surface area contributed by atoms with E-state index in [0.717, 1.165) is 42.6 Å². The van der Waals surface area contributed by atoms with Crippen LogP contribution in [0.5, 0.6) is 0 Å². The number of anilines is 2. The first-order valence-electron chi connectivity index (χ1n) is 9.07. The molecule has 1 aliphatic heterocycles. The molecular formula is C21H24ClN3O2S. The van der Waals surface area contributed by atoms with E-state index in [1.54, 1.807) is 30.3 Å². The molecule has 4 rings (SSSR count). The molecule has 1 N–H and O–H groups in total. The zero-order valence-corrected chi connectivity index (χ0v) is 17.3. The van der Waals surface area contributed by atoms with Crippen molar-refractivity contribution >= 4 is 44.6 Å². The fraction of sp³-hybridized carbons (Fsp3) is 0.238. The molecule has 0 radical (unpaired) electrons. The predicted molar refractivity (Wildman–Crippen MR) is 118 cm³/mol. The standard InChI is InChI=1S/C21H23N3O2S.ClH/c1-23-11-13-24(14-12-23)21-16-18(15-17-7-5-6-10-20(17)21)22-27(25,26)19-8-3-2-4-9-19;/h2-10,15-16,22H,11-14H2,1H3;1H. The van der Waals surface area contributed by atoms with Crippen molar-refractivity contribution < 1.29 is 8.42 Å². The summed E-state index contributed by atoms with van der Waals surface area (Å²) in [5.41, 5.74) is 1.67. The summed E-state index contributed by atoms with van der Waals surface area (Å²) in [6.45, 7) is 3.84. The van der Waals surface area contributed by atoms with Crippen molar-refractivity contribution in [1.82, 2.24) is 4.90 Å². The summed E-state index contributed by atoms with van der Waals surface area (Å²) in [4.78, 5) is 4.91. The summed E-state index contributed by atoms with van der Waals surface area (Å²) in [5, 5.41) is 2.17. The molecule has 1 saturated heterocycles. The first kappa shape index (κ1) is 20.5. The van der Waals surface area contributed by atoms with Gasteiger partial charge in [-0.3, -0.25) is 4.72 Å². The maximum Gasteiger partial charge on any atom is 0.261 e. The minimum atomic E-state index is -3.61. The number of hydrogen-bond donors (Lipinski definition) is 1. The second-order valence-corrected chi connectivity index (χ2v) is 8.61. The molecule has 0 unspecified atom stereocenters. The van der Waals surface area contributed by atoms with Crippen molar-refractivity contribution in [3.05, 3.63) is 66.7 Å². The number of sulfonamides is 1. The Balaban J connectivity index is 0.00000225. The molecule has 0 aliphatic carbocycles. The minimum absolute atomic E-state index is 0. The van der Waals surface area contributed by atoms with Crippen molar-refractivity contribution in [1.29, 1.82) is 0 Å². The lowest BCUT2D eigenvalue weighted by Gasteiger charge is -2.35. The van der Waals surface area contributed by atoms with E-state index in [9.17, 15) is 8.42 Å². The Hall–Kier alpha value is -2.28. The maximum atomic E-state index is 12.7. The van der Waals surface area contributed by atoms with Crippen LogP contribution in [0.3, 0.4) is 0 Å². The predicted octanol–water partition coefficient (Wildman–Crippen LogP) is 3.81. The maximum absolute atomic E-state index is 12.7. The third-order valence-electron chi connectivity index (χ3n) is 4.99. The number of halogens is 1. The molecule has 1 aliphatic rings. The Kier molecular flexibility index (Phi) is 6.13. The molecule has 0 aromatic heterocycles. The number of likely N-dealkylation sites (N-methyl/N-ethyl adjacent to an activating group) is 1. The lowest BCUT2D eigenvalue weighted by Crippen LogP contribution is -2.44. The quantitative estimate of drug-likeness (QED) is 0.701. The zero-order chi connectivity index (χ0) is 18.9. The Morgan fingerprint density at radius 3 is 2.21 bits per heavy atom. The number of benzene rings is 3. The van der Waals surface area contributed by atoms with E-state index in [1.165, 1.54) is 0 Å². The third-order valence-corrected chi connectivity index (χ3v) is 6.39. The van der Waals surface area contributed by atoms with Gasteiger partial charge >= 0.3 is 0 Å². The van der Waals surface area contributed by atoms with Crippen LogP contribution in [0.15, 0.2) is 71.6 Å². The molecule has 5 nitrogen and oxygen atoms in total. The smallest absolute Gasteiger partial charge is 0.261 e. The van der Waals surface area contributed by atoms with E-state index in [0.29, 0.717) is 5.69 Å². The van der Waals surface area contributed by atoms with E-state index in [4.69, 9.17) is 0 Å². The van der Waals surface area contributed by atoms with Crippen molar-refractivity contribution in [2.24, 2.45) is 0 Å². The monoisotopic (exact) mass is 417 g/mol. The fourth-order valence-corrected chi connectivity index (χ4v) is 4.53. The third kappa shape index (κ3) is 4.24. The van der Waals surface area contributed by atoms with Gasteiger partial charge in [-0.05, 0) is 36.7 Å². The Morgan fingerprint density at radius 2 is 1.50 bits per heavy atom. The highest BCUT2D eigenvalue weighted by Gasteiger charge is 2.19. The van der Waals surface area contributed by atoms with Gasteiger partial charge in [0, 0.05) is 37.3 Å². The van der Waals surface area contributed by atoms with Gasteiger partial charge in [-0.25, -0.2) is 8.42 Å². The molecule has 0 saturated carbocycles. The van der Waals surface area contributed by atoms with Crippen LogP contribution in [0.1, 0.15) is 0 Å². The van der Waals surface area contributed by atoms with Gasteiger partial charge in [0.2, 0.25) is 0 Å². The molecule has 0 bridgehead atoms. The second-order valence-electron chi connectivity index (χ2n) is 6.93. The topological polar surface area (TPSA) is 52.6 Å².